The summed E-state index contributed by atoms with van der Waals surface area (Å²) in [5.41, 5.74) is 2.92. The summed E-state index contributed by atoms with van der Waals surface area (Å²) in [6.45, 7) is 9.99. The SMILES string of the molecule is CC[C@@H](COCc1ccc(C)c(OC)c1)N1C(=O)[C@@H](CC(=O)OC(C)(C)C)O[C@H](c2cccc(Cl)c2)[C@H]1c1ccc(Cl)cc1. The average Bonchev–Trinajstić information content (AvgIpc) is 2.97. The highest BCUT2D eigenvalue weighted by Crippen LogP contribution is 2.45. The number of hydrogen-bond donors (Lipinski definition) is 0. The smallest absolute Gasteiger partial charge is 0.309 e. The quantitative estimate of drug-likeness (QED) is 0.197. The van der Waals surface area contributed by atoms with E-state index in [1.807, 2.05) is 67.3 Å². The van der Waals surface area contributed by atoms with E-state index in [4.69, 9.17) is 42.1 Å². The van der Waals surface area contributed by atoms with Gasteiger partial charge in [0.25, 0.3) is 5.91 Å². The second kappa shape index (κ2) is 14.8. The molecule has 0 N–H and O–H groups in total. The van der Waals surface area contributed by atoms with Crippen LogP contribution in [-0.2, 0) is 30.4 Å². The fourth-order valence-corrected chi connectivity index (χ4v) is 5.76. The first-order chi connectivity index (χ1) is 20.9. The Hall–Kier alpha value is -3.10. The highest BCUT2D eigenvalue weighted by Gasteiger charge is 2.47. The minimum atomic E-state index is -1.06. The third-order valence-electron chi connectivity index (χ3n) is 7.50. The van der Waals surface area contributed by atoms with Crippen molar-refractivity contribution in [2.75, 3.05) is 13.7 Å². The molecule has 3 aromatic rings. The summed E-state index contributed by atoms with van der Waals surface area (Å²) < 4.78 is 23.8. The van der Waals surface area contributed by atoms with E-state index in [2.05, 4.69) is 0 Å². The van der Waals surface area contributed by atoms with Gasteiger partial charge in [0, 0.05) is 10.0 Å². The Bertz CT molecular complexity index is 1440. The number of aryl methyl sites for hydroxylation is 1. The summed E-state index contributed by atoms with van der Waals surface area (Å²) in [4.78, 5) is 29.1. The maximum Gasteiger partial charge on any atom is 0.309 e. The lowest BCUT2D eigenvalue weighted by Crippen LogP contribution is -2.56. The van der Waals surface area contributed by atoms with Crippen LogP contribution in [0, 0.1) is 6.92 Å². The van der Waals surface area contributed by atoms with E-state index in [9.17, 15) is 9.59 Å². The third kappa shape index (κ3) is 8.54. The molecule has 4 rings (SSSR count). The molecule has 9 heteroatoms. The Morgan fingerprint density at radius 1 is 1.00 bits per heavy atom. The van der Waals surface area contributed by atoms with Crippen LogP contribution in [0.1, 0.15) is 74.9 Å². The van der Waals surface area contributed by atoms with E-state index < -0.39 is 29.8 Å². The zero-order valence-corrected chi connectivity index (χ0v) is 27.7. The van der Waals surface area contributed by atoms with Crippen LogP contribution in [-0.4, -0.2) is 48.2 Å². The summed E-state index contributed by atoms with van der Waals surface area (Å²) in [6.07, 6.45) is -1.31. The Labute approximate surface area is 270 Å². The van der Waals surface area contributed by atoms with E-state index >= 15 is 0 Å². The number of carbonyl (C=O) groups is 2. The van der Waals surface area contributed by atoms with Crippen molar-refractivity contribution in [1.29, 1.82) is 0 Å². The van der Waals surface area contributed by atoms with Gasteiger partial charge in [0.05, 0.1) is 38.8 Å². The number of benzene rings is 3. The highest BCUT2D eigenvalue weighted by atomic mass is 35.5. The van der Waals surface area contributed by atoms with Crippen LogP contribution in [0.3, 0.4) is 0 Å². The minimum Gasteiger partial charge on any atom is -0.496 e. The summed E-state index contributed by atoms with van der Waals surface area (Å²) in [7, 11) is 1.64. The molecule has 0 aromatic heterocycles. The third-order valence-corrected chi connectivity index (χ3v) is 7.99. The molecule has 4 atom stereocenters. The number of carbonyl (C=O) groups excluding carboxylic acids is 2. The van der Waals surface area contributed by atoms with Gasteiger partial charge in [-0.25, -0.2) is 0 Å². The van der Waals surface area contributed by atoms with Crippen LogP contribution in [0.4, 0.5) is 0 Å². The van der Waals surface area contributed by atoms with Crippen molar-refractivity contribution < 1.29 is 28.5 Å². The number of nitrogens with zero attached hydrogens (tertiary/aromatic N) is 1. The molecule has 1 saturated heterocycles. The van der Waals surface area contributed by atoms with E-state index in [1.165, 1.54) is 0 Å². The van der Waals surface area contributed by atoms with Gasteiger partial charge in [-0.2, -0.15) is 0 Å². The molecular formula is C35H41Cl2NO6. The van der Waals surface area contributed by atoms with Crippen LogP contribution < -0.4 is 4.74 Å². The molecule has 1 fully saturated rings. The minimum absolute atomic E-state index is 0.225. The molecule has 1 heterocycles. The molecule has 0 radical (unpaired) electrons. The van der Waals surface area contributed by atoms with Crippen molar-refractivity contribution in [3.63, 3.8) is 0 Å². The second-order valence-electron chi connectivity index (χ2n) is 12.0. The fraction of sp³-hybridized carbons (Fsp3) is 0.429. The van der Waals surface area contributed by atoms with Gasteiger partial charge in [-0.15, -0.1) is 0 Å². The highest BCUT2D eigenvalue weighted by molar-refractivity contribution is 6.30. The molecule has 1 amide bonds. The Morgan fingerprint density at radius 2 is 1.73 bits per heavy atom. The number of methoxy groups -OCH3 is 1. The summed E-state index contributed by atoms with van der Waals surface area (Å²) in [6, 6.07) is 19.8. The summed E-state index contributed by atoms with van der Waals surface area (Å²) in [5.74, 6) is -0.0246. The van der Waals surface area contributed by atoms with Gasteiger partial charge in [-0.3, -0.25) is 9.59 Å². The number of ether oxygens (including phenoxy) is 4. The Balaban J connectivity index is 1.71. The van der Waals surface area contributed by atoms with Crippen molar-refractivity contribution >= 4 is 35.1 Å². The lowest BCUT2D eigenvalue weighted by Gasteiger charge is -2.48. The molecule has 0 bridgehead atoms. The van der Waals surface area contributed by atoms with Crippen molar-refractivity contribution in [1.82, 2.24) is 4.90 Å². The summed E-state index contributed by atoms with van der Waals surface area (Å²) >= 11 is 12.7. The Kier molecular flexibility index (Phi) is 11.4. The predicted molar refractivity (Wildman–Crippen MR) is 172 cm³/mol. The molecule has 1 aliphatic heterocycles. The molecule has 0 unspecified atom stereocenters. The molecular weight excluding hydrogens is 601 g/mol. The van der Waals surface area contributed by atoms with Crippen LogP contribution in [0.2, 0.25) is 10.0 Å². The first kappa shape index (κ1) is 33.8. The zero-order valence-electron chi connectivity index (χ0n) is 26.1. The van der Waals surface area contributed by atoms with Crippen molar-refractivity contribution in [2.24, 2.45) is 0 Å². The molecule has 1 aliphatic rings. The molecule has 3 aromatic carbocycles. The van der Waals surface area contributed by atoms with E-state index in [0.29, 0.717) is 23.1 Å². The van der Waals surface area contributed by atoms with Crippen LogP contribution in [0.15, 0.2) is 66.7 Å². The van der Waals surface area contributed by atoms with Crippen molar-refractivity contribution in [2.45, 2.75) is 84.0 Å². The van der Waals surface area contributed by atoms with Crippen molar-refractivity contribution in [3.8, 4) is 5.75 Å². The number of rotatable bonds is 11. The van der Waals surface area contributed by atoms with Gasteiger partial charge in [-0.05, 0) is 86.7 Å². The lowest BCUT2D eigenvalue weighted by molar-refractivity contribution is -0.188. The number of hydrogen-bond acceptors (Lipinski definition) is 6. The second-order valence-corrected chi connectivity index (χ2v) is 12.9. The molecule has 0 aliphatic carbocycles. The van der Waals surface area contributed by atoms with E-state index in [0.717, 1.165) is 28.0 Å². The van der Waals surface area contributed by atoms with Crippen molar-refractivity contribution in [3.05, 3.63) is 99.0 Å². The first-order valence-corrected chi connectivity index (χ1v) is 15.6. The Morgan fingerprint density at radius 3 is 2.36 bits per heavy atom. The lowest BCUT2D eigenvalue weighted by atomic mass is 9.89. The van der Waals surface area contributed by atoms with Gasteiger partial charge >= 0.3 is 5.97 Å². The van der Waals surface area contributed by atoms with Crippen LogP contribution >= 0.6 is 23.2 Å². The summed E-state index contributed by atoms with van der Waals surface area (Å²) in [5, 5.41) is 1.12. The molecule has 0 saturated carbocycles. The zero-order chi connectivity index (χ0) is 32.0. The van der Waals surface area contributed by atoms with Gasteiger partial charge in [-0.1, -0.05) is 66.5 Å². The largest absolute Gasteiger partial charge is 0.496 e. The van der Waals surface area contributed by atoms with Gasteiger partial charge < -0.3 is 23.8 Å². The maximum absolute atomic E-state index is 14.3. The molecule has 0 spiro atoms. The monoisotopic (exact) mass is 641 g/mol. The first-order valence-electron chi connectivity index (χ1n) is 14.8. The topological polar surface area (TPSA) is 74.3 Å². The number of morpholine rings is 1. The predicted octanol–water partition coefficient (Wildman–Crippen LogP) is 8.05. The number of amides is 1. The number of esters is 1. The van der Waals surface area contributed by atoms with Gasteiger partial charge in [0.15, 0.2) is 0 Å². The maximum atomic E-state index is 14.3. The van der Waals surface area contributed by atoms with Crippen LogP contribution in [0.25, 0.3) is 0 Å². The molecule has 44 heavy (non-hydrogen) atoms. The number of halogens is 2. The fourth-order valence-electron chi connectivity index (χ4n) is 5.44. The van der Waals surface area contributed by atoms with E-state index in [-0.39, 0.29) is 25.0 Å². The molecule has 7 nitrogen and oxygen atoms in total. The standard InChI is InChI=1S/C35H41Cl2NO6/c1-7-28(21-42-20-23-12-11-22(2)29(17-23)41-6)38-32(24-13-15-26(36)16-14-24)33(25-9-8-10-27(37)18-25)43-30(34(38)40)19-31(39)44-35(3,4)5/h8-18,28,30,32-33H,7,19-21H2,1-6H3/t28-,30+,32+,33+/m0/s1. The van der Waals surface area contributed by atoms with Gasteiger partial charge in [0.2, 0.25) is 0 Å². The van der Waals surface area contributed by atoms with Gasteiger partial charge in [0.1, 0.15) is 23.6 Å². The van der Waals surface area contributed by atoms with Crippen LogP contribution in [0.5, 0.6) is 5.75 Å². The molecule has 236 valence electrons. The van der Waals surface area contributed by atoms with E-state index in [1.54, 1.807) is 46.1 Å². The average molecular weight is 643 g/mol. The normalized spacial score (nSPS) is 19.5.